The fourth-order valence-electron chi connectivity index (χ4n) is 4.24. The molecule has 0 saturated heterocycles. The largest absolute Gasteiger partial charge is 0.508 e. The summed E-state index contributed by atoms with van der Waals surface area (Å²) in [5.41, 5.74) is 6.09. The maximum Gasteiger partial charge on any atom is 0.117 e. The average molecular weight is 374 g/mol. The van der Waals surface area contributed by atoms with E-state index in [0.717, 1.165) is 43.6 Å². The first kappa shape index (κ1) is 18.4. The molecular weight excluding hydrogens is 348 g/mol. The van der Waals surface area contributed by atoms with Gasteiger partial charge in [-0.1, -0.05) is 18.2 Å². The summed E-state index contributed by atoms with van der Waals surface area (Å²) in [6, 6.07) is 15.5. The number of benzene rings is 2. The maximum atomic E-state index is 10.2. The molecule has 144 valence electrons. The van der Waals surface area contributed by atoms with Crippen LogP contribution in [0.2, 0.25) is 0 Å². The third-order valence-corrected chi connectivity index (χ3v) is 5.69. The highest BCUT2D eigenvalue weighted by Crippen LogP contribution is 2.39. The van der Waals surface area contributed by atoms with Crippen molar-refractivity contribution in [1.82, 2.24) is 4.98 Å². The molecule has 0 radical (unpaired) electrons. The minimum atomic E-state index is 0.296. The summed E-state index contributed by atoms with van der Waals surface area (Å²) in [7, 11) is 0. The van der Waals surface area contributed by atoms with Gasteiger partial charge in [-0.3, -0.25) is 4.98 Å². The van der Waals surface area contributed by atoms with Gasteiger partial charge in [-0.15, -0.1) is 0 Å². The van der Waals surface area contributed by atoms with E-state index in [2.05, 4.69) is 28.9 Å². The second-order valence-electron chi connectivity index (χ2n) is 7.51. The number of rotatable bonds is 5. The molecule has 0 spiro atoms. The van der Waals surface area contributed by atoms with E-state index in [-0.39, 0.29) is 0 Å². The molecule has 1 aliphatic rings. The Kier molecular flexibility index (Phi) is 5.20. The zero-order valence-corrected chi connectivity index (χ0v) is 16.2. The average Bonchev–Trinajstić information content (AvgIpc) is 2.72. The van der Waals surface area contributed by atoms with Crippen molar-refractivity contribution in [2.75, 3.05) is 11.4 Å². The SMILES string of the molecule is CCN(Cc1cccnc1)c1cc(O)ccc1C1CCc2cc(O)ccc2C1. The molecule has 4 rings (SSSR count). The number of anilines is 1. The van der Waals surface area contributed by atoms with Crippen LogP contribution in [0, 0.1) is 0 Å². The van der Waals surface area contributed by atoms with Gasteiger partial charge in [0, 0.05) is 37.2 Å². The molecule has 0 saturated carbocycles. The van der Waals surface area contributed by atoms with Gasteiger partial charge in [0.2, 0.25) is 0 Å². The van der Waals surface area contributed by atoms with Crippen LogP contribution >= 0.6 is 0 Å². The number of pyridine rings is 1. The minimum Gasteiger partial charge on any atom is -0.508 e. The fourth-order valence-corrected chi connectivity index (χ4v) is 4.24. The molecule has 0 amide bonds. The molecular formula is C24H26N2O2. The summed E-state index contributed by atoms with van der Waals surface area (Å²) in [5.74, 6) is 1.04. The number of aromatic nitrogens is 1. The first-order valence-electron chi connectivity index (χ1n) is 9.91. The van der Waals surface area contributed by atoms with E-state index >= 15 is 0 Å². The summed E-state index contributed by atoms with van der Waals surface area (Å²) in [6.45, 7) is 3.75. The van der Waals surface area contributed by atoms with Gasteiger partial charge in [-0.25, -0.2) is 0 Å². The van der Waals surface area contributed by atoms with Gasteiger partial charge < -0.3 is 15.1 Å². The lowest BCUT2D eigenvalue weighted by molar-refractivity contribution is 0.471. The van der Waals surface area contributed by atoms with Gasteiger partial charge in [0.15, 0.2) is 0 Å². The van der Waals surface area contributed by atoms with Crippen LogP contribution in [0.1, 0.15) is 41.5 Å². The monoisotopic (exact) mass is 374 g/mol. The Hall–Kier alpha value is -3.01. The topological polar surface area (TPSA) is 56.6 Å². The third-order valence-electron chi connectivity index (χ3n) is 5.69. The maximum absolute atomic E-state index is 10.2. The number of fused-ring (bicyclic) bond motifs is 1. The lowest BCUT2D eigenvalue weighted by Crippen LogP contribution is -2.25. The standard InChI is InChI=1S/C24H26N2O2/c1-2-26(16-17-4-3-11-25-15-17)24-14-22(28)9-10-23(24)20-6-5-19-13-21(27)8-7-18(19)12-20/h3-4,7-11,13-15,20,27-28H,2,5-6,12,16H2,1H3. The number of hydrogen-bond donors (Lipinski definition) is 2. The highest BCUT2D eigenvalue weighted by atomic mass is 16.3. The number of aryl methyl sites for hydroxylation is 1. The highest BCUT2D eigenvalue weighted by molar-refractivity contribution is 5.59. The van der Waals surface area contributed by atoms with E-state index in [1.165, 1.54) is 16.7 Å². The van der Waals surface area contributed by atoms with Crippen molar-refractivity contribution in [2.45, 2.75) is 38.6 Å². The molecule has 4 heteroatoms. The van der Waals surface area contributed by atoms with Crippen molar-refractivity contribution >= 4 is 5.69 Å². The van der Waals surface area contributed by atoms with Crippen LogP contribution in [-0.2, 0) is 19.4 Å². The molecule has 1 aliphatic carbocycles. The molecule has 1 unspecified atom stereocenters. The van der Waals surface area contributed by atoms with Crippen LogP contribution in [0.15, 0.2) is 60.9 Å². The van der Waals surface area contributed by atoms with Crippen molar-refractivity contribution in [3.05, 3.63) is 83.2 Å². The summed E-state index contributed by atoms with van der Waals surface area (Å²) in [6.07, 6.45) is 6.64. The van der Waals surface area contributed by atoms with E-state index < -0.39 is 0 Å². The zero-order chi connectivity index (χ0) is 19.5. The lowest BCUT2D eigenvalue weighted by Gasteiger charge is -2.31. The van der Waals surface area contributed by atoms with Gasteiger partial charge >= 0.3 is 0 Å². The predicted molar refractivity (Wildman–Crippen MR) is 112 cm³/mol. The molecule has 0 bridgehead atoms. The van der Waals surface area contributed by atoms with Gasteiger partial charge in [0.25, 0.3) is 0 Å². The molecule has 1 heterocycles. The Bertz CT molecular complexity index is 956. The van der Waals surface area contributed by atoms with Crippen LogP contribution in [0.4, 0.5) is 5.69 Å². The van der Waals surface area contributed by atoms with E-state index in [4.69, 9.17) is 0 Å². The second-order valence-corrected chi connectivity index (χ2v) is 7.51. The normalized spacial score (nSPS) is 15.8. The number of phenolic OH excluding ortho intramolecular Hbond substituents is 2. The smallest absolute Gasteiger partial charge is 0.117 e. The van der Waals surface area contributed by atoms with E-state index in [9.17, 15) is 10.2 Å². The summed E-state index contributed by atoms with van der Waals surface area (Å²) < 4.78 is 0. The van der Waals surface area contributed by atoms with Gasteiger partial charge in [0.05, 0.1) is 0 Å². The molecule has 0 aliphatic heterocycles. The molecule has 0 fully saturated rings. The number of aromatic hydroxyl groups is 2. The van der Waals surface area contributed by atoms with Crippen molar-refractivity contribution < 1.29 is 10.2 Å². The summed E-state index contributed by atoms with van der Waals surface area (Å²) >= 11 is 0. The first-order chi connectivity index (χ1) is 13.6. The second kappa shape index (κ2) is 7.93. The molecule has 2 aromatic carbocycles. The summed E-state index contributed by atoms with van der Waals surface area (Å²) in [4.78, 5) is 6.54. The molecule has 1 aromatic heterocycles. The van der Waals surface area contributed by atoms with Crippen molar-refractivity contribution in [3.8, 4) is 11.5 Å². The van der Waals surface area contributed by atoms with Crippen molar-refractivity contribution in [2.24, 2.45) is 0 Å². The molecule has 2 N–H and O–H groups in total. The first-order valence-corrected chi connectivity index (χ1v) is 9.91. The van der Waals surface area contributed by atoms with E-state index in [1.807, 2.05) is 30.5 Å². The van der Waals surface area contributed by atoms with Gasteiger partial charge in [0.1, 0.15) is 11.5 Å². The van der Waals surface area contributed by atoms with Crippen molar-refractivity contribution in [3.63, 3.8) is 0 Å². The molecule has 28 heavy (non-hydrogen) atoms. The van der Waals surface area contributed by atoms with Crippen LogP contribution in [-0.4, -0.2) is 21.7 Å². The Morgan fingerprint density at radius 1 is 1.04 bits per heavy atom. The Morgan fingerprint density at radius 2 is 1.86 bits per heavy atom. The fraction of sp³-hybridized carbons (Fsp3) is 0.292. The van der Waals surface area contributed by atoms with E-state index in [0.29, 0.717) is 17.4 Å². The van der Waals surface area contributed by atoms with Crippen LogP contribution in [0.5, 0.6) is 11.5 Å². The predicted octanol–water partition coefficient (Wildman–Crippen LogP) is 4.79. The van der Waals surface area contributed by atoms with Crippen LogP contribution in [0.25, 0.3) is 0 Å². The molecule has 3 aromatic rings. The van der Waals surface area contributed by atoms with Crippen LogP contribution < -0.4 is 4.90 Å². The molecule has 1 atom stereocenters. The third kappa shape index (κ3) is 3.81. The van der Waals surface area contributed by atoms with Crippen molar-refractivity contribution in [1.29, 1.82) is 0 Å². The Morgan fingerprint density at radius 3 is 2.64 bits per heavy atom. The van der Waals surface area contributed by atoms with Gasteiger partial charge in [-0.2, -0.15) is 0 Å². The quantitative estimate of drug-likeness (QED) is 0.674. The zero-order valence-electron chi connectivity index (χ0n) is 16.2. The molecule has 4 nitrogen and oxygen atoms in total. The van der Waals surface area contributed by atoms with Gasteiger partial charge in [-0.05, 0) is 78.6 Å². The summed E-state index contributed by atoms with van der Waals surface area (Å²) in [5, 5.41) is 19.9. The number of nitrogens with zero attached hydrogens (tertiary/aromatic N) is 2. The number of phenols is 2. The lowest BCUT2D eigenvalue weighted by atomic mass is 9.79. The minimum absolute atomic E-state index is 0.296. The number of hydrogen-bond acceptors (Lipinski definition) is 4. The van der Waals surface area contributed by atoms with E-state index in [1.54, 1.807) is 18.3 Å². The highest BCUT2D eigenvalue weighted by Gasteiger charge is 2.24. The Balaban J connectivity index is 1.65. The van der Waals surface area contributed by atoms with Crippen LogP contribution in [0.3, 0.4) is 0 Å². The Labute approximate surface area is 166 Å².